The molecule has 1 fully saturated rings. The molecule has 2 amide bonds. The van der Waals surface area contributed by atoms with E-state index in [2.05, 4.69) is 10.6 Å². The molecule has 0 bridgehead atoms. The van der Waals surface area contributed by atoms with Gasteiger partial charge in [-0.1, -0.05) is 13.8 Å². The minimum atomic E-state index is -0.843. The Balaban J connectivity index is 1.44. The van der Waals surface area contributed by atoms with Gasteiger partial charge in [0.2, 0.25) is 24.9 Å². The van der Waals surface area contributed by atoms with Crippen molar-refractivity contribution in [3.05, 3.63) is 23.3 Å². The van der Waals surface area contributed by atoms with E-state index in [-0.39, 0.29) is 36.7 Å². The summed E-state index contributed by atoms with van der Waals surface area (Å²) in [4.78, 5) is 50.4. The first-order valence-electron chi connectivity index (χ1n) is 12.1. The molecule has 3 aliphatic rings. The Morgan fingerprint density at radius 3 is 2.60 bits per heavy atom. The van der Waals surface area contributed by atoms with Gasteiger partial charge in [0.15, 0.2) is 17.3 Å². The average molecular weight is 489 g/mol. The average Bonchev–Trinajstić information content (AvgIpc) is 3.39. The number of ketones is 1. The number of hydrogen-bond acceptors (Lipinski definition) is 8. The van der Waals surface area contributed by atoms with Gasteiger partial charge in [-0.05, 0) is 49.3 Å². The van der Waals surface area contributed by atoms with Gasteiger partial charge in [0.1, 0.15) is 6.04 Å². The lowest BCUT2D eigenvalue weighted by Gasteiger charge is -2.26. The van der Waals surface area contributed by atoms with Crippen molar-refractivity contribution in [3.8, 4) is 11.5 Å². The molecule has 190 valence electrons. The fraction of sp³-hybridized carbons (Fsp3) is 0.600. The highest BCUT2D eigenvalue weighted by Crippen LogP contribution is 2.38. The number of hydrogen-bond donors (Lipinski definition) is 2. The number of carbonyl (C=O) groups excluding carboxylic acids is 4. The number of Topliss-reactive ketones (excluding diaryl/α,β-unsaturated/α-hetero) is 1. The molecule has 4 atom stereocenters. The molecule has 1 aliphatic carbocycles. The van der Waals surface area contributed by atoms with Crippen LogP contribution in [0, 0.1) is 11.8 Å². The molecular formula is C25H32N2O8. The van der Waals surface area contributed by atoms with Crippen LogP contribution in [0.4, 0.5) is 0 Å². The number of nitrogens with one attached hydrogen (secondary N) is 2. The highest BCUT2D eigenvalue weighted by atomic mass is 16.7. The van der Waals surface area contributed by atoms with Crippen LogP contribution in [0.1, 0.15) is 62.4 Å². The van der Waals surface area contributed by atoms with Gasteiger partial charge in [0, 0.05) is 24.8 Å². The van der Waals surface area contributed by atoms with E-state index in [1.807, 2.05) is 13.8 Å². The van der Waals surface area contributed by atoms with Crippen LogP contribution in [0.15, 0.2) is 12.1 Å². The van der Waals surface area contributed by atoms with Crippen molar-refractivity contribution < 1.29 is 38.1 Å². The second-order valence-electron chi connectivity index (χ2n) is 9.67. The normalized spacial score (nSPS) is 23.9. The molecule has 2 aliphatic heterocycles. The molecule has 10 heteroatoms. The van der Waals surface area contributed by atoms with Gasteiger partial charge in [0.05, 0.1) is 12.6 Å². The van der Waals surface area contributed by atoms with Crippen molar-refractivity contribution in [1.29, 1.82) is 0 Å². The van der Waals surface area contributed by atoms with Crippen molar-refractivity contribution in [2.75, 3.05) is 13.4 Å². The first-order chi connectivity index (χ1) is 16.7. The minimum absolute atomic E-state index is 0.0391. The van der Waals surface area contributed by atoms with Crippen LogP contribution >= 0.6 is 0 Å². The zero-order valence-electron chi connectivity index (χ0n) is 20.3. The summed E-state index contributed by atoms with van der Waals surface area (Å²) < 4.78 is 21.4. The number of amides is 2. The number of fused-ring (bicyclic) bond motifs is 2. The van der Waals surface area contributed by atoms with Gasteiger partial charge in [-0.3, -0.25) is 19.2 Å². The van der Waals surface area contributed by atoms with Gasteiger partial charge < -0.3 is 29.6 Å². The first-order valence-corrected chi connectivity index (χ1v) is 12.1. The third-order valence-electron chi connectivity index (χ3n) is 6.45. The smallest absolute Gasteiger partial charge is 0.305 e. The van der Waals surface area contributed by atoms with Crippen LogP contribution in [-0.2, 0) is 30.3 Å². The number of benzene rings is 1. The van der Waals surface area contributed by atoms with E-state index in [0.29, 0.717) is 49.4 Å². The lowest BCUT2D eigenvalue weighted by Crippen LogP contribution is -2.53. The van der Waals surface area contributed by atoms with Crippen LogP contribution in [0.25, 0.3) is 0 Å². The van der Waals surface area contributed by atoms with Crippen LogP contribution in [0.2, 0.25) is 0 Å². The molecule has 1 aromatic rings. The summed E-state index contributed by atoms with van der Waals surface area (Å²) in [6.07, 6.45) is 1.07. The predicted molar refractivity (Wildman–Crippen MR) is 123 cm³/mol. The summed E-state index contributed by atoms with van der Waals surface area (Å²) in [6.45, 7) is 5.68. The Morgan fingerprint density at radius 2 is 1.89 bits per heavy atom. The molecule has 0 spiro atoms. The van der Waals surface area contributed by atoms with Crippen LogP contribution in [0.3, 0.4) is 0 Å². The maximum Gasteiger partial charge on any atom is 0.305 e. The molecule has 1 saturated heterocycles. The maximum absolute atomic E-state index is 13.3. The Hall–Kier alpha value is -3.14. The van der Waals surface area contributed by atoms with Crippen molar-refractivity contribution in [3.63, 3.8) is 0 Å². The Morgan fingerprint density at radius 1 is 1.14 bits per heavy atom. The van der Waals surface area contributed by atoms with E-state index in [9.17, 15) is 19.2 Å². The molecule has 2 N–H and O–H groups in total. The van der Waals surface area contributed by atoms with Crippen molar-refractivity contribution in [2.24, 2.45) is 11.8 Å². The quantitative estimate of drug-likeness (QED) is 0.440. The fourth-order valence-corrected chi connectivity index (χ4v) is 4.70. The standard InChI is InChI=1S/C25H32N2O8/c1-13(2)8-19(24(31)26-18-6-7-32-25(18)35-14(3)28)27-23(30)15-4-5-20(29)17-11-22-21(33-12-34-22)10-16(17)9-15/h10-11,13,15,18-19,25H,4-9,12H2,1-3H3,(H,26,31)(H,27,30)/t15?,18-,19-,25-/m0/s1. The number of esters is 1. The third-order valence-corrected chi connectivity index (χ3v) is 6.45. The van der Waals surface area contributed by atoms with Gasteiger partial charge >= 0.3 is 5.97 Å². The molecule has 1 unspecified atom stereocenters. The van der Waals surface area contributed by atoms with Crippen LogP contribution in [0.5, 0.6) is 11.5 Å². The molecule has 4 rings (SSSR count). The summed E-state index contributed by atoms with van der Waals surface area (Å²) >= 11 is 0. The van der Waals surface area contributed by atoms with Crippen molar-refractivity contribution >= 4 is 23.6 Å². The monoisotopic (exact) mass is 488 g/mol. The zero-order chi connectivity index (χ0) is 25.1. The Bertz CT molecular complexity index is 1010. The molecule has 2 heterocycles. The molecule has 0 radical (unpaired) electrons. The summed E-state index contributed by atoms with van der Waals surface area (Å²) in [7, 11) is 0. The van der Waals surface area contributed by atoms with E-state index >= 15 is 0 Å². The predicted octanol–water partition coefficient (Wildman–Crippen LogP) is 1.88. The number of carbonyl (C=O) groups is 4. The molecule has 35 heavy (non-hydrogen) atoms. The second kappa shape index (κ2) is 10.6. The van der Waals surface area contributed by atoms with Crippen molar-refractivity contribution in [2.45, 2.75) is 71.2 Å². The maximum atomic E-state index is 13.3. The number of ether oxygens (including phenoxy) is 4. The Labute approximate surface area is 204 Å². The van der Waals surface area contributed by atoms with Crippen LogP contribution < -0.4 is 20.1 Å². The summed E-state index contributed by atoms with van der Waals surface area (Å²) in [6, 6.07) is 2.22. The van der Waals surface area contributed by atoms with E-state index in [0.717, 1.165) is 5.56 Å². The lowest BCUT2D eigenvalue weighted by molar-refractivity contribution is -0.170. The molecule has 10 nitrogen and oxygen atoms in total. The zero-order valence-corrected chi connectivity index (χ0v) is 20.3. The van der Waals surface area contributed by atoms with Gasteiger partial charge in [-0.15, -0.1) is 0 Å². The van der Waals surface area contributed by atoms with E-state index in [1.165, 1.54) is 6.92 Å². The van der Waals surface area contributed by atoms with Gasteiger partial charge in [-0.25, -0.2) is 0 Å². The van der Waals surface area contributed by atoms with E-state index in [4.69, 9.17) is 18.9 Å². The topological polar surface area (TPSA) is 129 Å². The third kappa shape index (κ3) is 5.93. The number of rotatable bonds is 7. The molecule has 0 saturated carbocycles. The van der Waals surface area contributed by atoms with Crippen molar-refractivity contribution in [1.82, 2.24) is 10.6 Å². The van der Waals surface area contributed by atoms with Crippen LogP contribution in [-0.4, -0.2) is 55.3 Å². The molecular weight excluding hydrogens is 456 g/mol. The highest BCUT2D eigenvalue weighted by molar-refractivity contribution is 5.99. The lowest BCUT2D eigenvalue weighted by atomic mass is 9.94. The fourth-order valence-electron chi connectivity index (χ4n) is 4.70. The highest BCUT2D eigenvalue weighted by Gasteiger charge is 2.36. The summed E-state index contributed by atoms with van der Waals surface area (Å²) in [5.41, 5.74) is 1.30. The first kappa shape index (κ1) is 25.0. The largest absolute Gasteiger partial charge is 0.454 e. The minimum Gasteiger partial charge on any atom is -0.454 e. The van der Waals surface area contributed by atoms with Gasteiger partial charge in [0.25, 0.3) is 0 Å². The van der Waals surface area contributed by atoms with E-state index < -0.39 is 30.3 Å². The second-order valence-corrected chi connectivity index (χ2v) is 9.67. The van der Waals surface area contributed by atoms with Gasteiger partial charge in [-0.2, -0.15) is 0 Å². The summed E-state index contributed by atoms with van der Waals surface area (Å²) in [5, 5.41) is 5.78. The summed E-state index contributed by atoms with van der Waals surface area (Å²) in [5.74, 6) is -0.376. The molecule has 1 aromatic carbocycles. The Kier molecular flexibility index (Phi) is 7.59. The van der Waals surface area contributed by atoms with E-state index in [1.54, 1.807) is 12.1 Å². The SMILES string of the molecule is CC(=O)O[C@@H]1OCC[C@@H]1NC(=O)[C@H](CC(C)C)NC(=O)C1CCC(=O)c2cc3c(cc2C1)OCO3. The molecule has 0 aromatic heterocycles.